The highest BCUT2D eigenvalue weighted by atomic mass is 32.1. The number of rotatable bonds is 7. The fourth-order valence-corrected chi connectivity index (χ4v) is 4.77. The maximum atomic E-state index is 13.1. The van der Waals surface area contributed by atoms with Gasteiger partial charge < -0.3 is 15.0 Å². The molecule has 0 atom stereocenters. The molecule has 1 amide bonds. The van der Waals surface area contributed by atoms with Crippen molar-refractivity contribution in [3.63, 3.8) is 0 Å². The van der Waals surface area contributed by atoms with E-state index in [-0.39, 0.29) is 0 Å². The lowest BCUT2D eigenvalue weighted by atomic mass is 10.1. The van der Waals surface area contributed by atoms with Crippen LogP contribution in [0.1, 0.15) is 28.7 Å². The zero-order valence-electron chi connectivity index (χ0n) is 19.5. The lowest BCUT2D eigenvalue weighted by Crippen LogP contribution is -2.24. The van der Waals surface area contributed by atoms with Crippen molar-refractivity contribution >= 4 is 39.7 Å². The second-order valence-electron chi connectivity index (χ2n) is 8.01. The molecule has 2 aromatic carbocycles. The van der Waals surface area contributed by atoms with Gasteiger partial charge in [-0.25, -0.2) is 4.98 Å². The standard InChI is InChI=1S/C26H23N5O3S/c1-4-34-18-11-9-17(10-12-18)21-14-35-26(28-21)31-22(13-15(2)30-31)29-25(33)24(32)23-16(3)27-20-8-6-5-7-19(20)23/h5-14,27H,4H2,1-3H3,(H,29,33). The average Bonchev–Trinajstić information content (AvgIpc) is 3.55. The Balaban J connectivity index is 1.40. The zero-order chi connectivity index (χ0) is 24.5. The van der Waals surface area contributed by atoms with Crippen LogP contribution in [0, 0.1) is 13.8 Å². The third-order valence-electron chi connectivity index (χ3n) is 5.53. The lowest BCUT2D eigenvalue weighted by molar-refractivity contribution is -0.112. The monoisotopic (exact) mass is 485 g/mol. The number of nitrogens with zero attached hydrogens (tertiary/aromatic N) is 3. The van der Waals surface area contributed by atoms with E-state index in [0.29, 0.717) is 34.5 Å². The minimum Gasteiger partial charge on any atom is -0.494 e. The molecule has 176 valence electrons. The summed E-state index contributed by atoms with van der Waals surface area (Å²) >= 11 is 1.39. The van der Waals surface area contributed by atoms with Crippen molar-refractivity contribution in [3.8, 4) is 22.1 Å². The second-order valence-corrected chi connectivity index (χ2v) is 8.85. The van der Waals surface area contributed by atoms with Gasteiger partial charge in [-0.1, -0.05) is 18.2 Å². The molecule has 0 fully saturated rings. The Morgan fingerprint density at radius 1 is 1.11 bits per heavy atom. The van der Waals surface area contributed by atoms with Crippen LogP contribution in [0.3, 0.4) is 0 Å². The summed E-state index contributed by atoms with van der Waals surface area (Å²) in [5, 5.41) is 10.4. The number of hydrogen-bond acceptors (Lipinski definition) is 6. The first-order chi connectivity index (χ1) is 16.9. The number of nitrogens with one attached hydrogen (secondary N) is 2. The molecule has 0 radical (unpaired) electrons. The van der Waals surface area contributed by atoms with Crippen LogP contribution in [0.25, 0.3) is 27.3 Å². The van der Waals surface area contributed by atoms with Crippen molar-refractivity contribution in [2.45, 2.75) is 20.8 Å². The predicted molar refractivity (Wildman–Crippen MR) is 137 cm³/mol. The Hall–Kier alpha value is -4.24. The number of ether oxygens (including phenoxy) is 1. The number of aryl methyl sites for hydroxylation is 2. The van der Waals surface area contributed by atoms with Crippen LogP contribution in [0.2, 0.25) is 0 Å². The van der Waals surface area contributed by atoms with Crippen LogP contribution < -0.4 is 10.1 Å². The number of amides is 1. The van der Waals surface area contributed by atoms with E-state index in [1.54, 1.807) is 17.7 Å². The molecule has 0 aliphatic rings. The largest absolute Gasteiger partial charge is 0.494 e. The van der Waals surface area contributed by atoms with Gasteiger partial charge in [0.05, 0.1) is 23.6 Å². The number of aromatic amines is 1. The summed E-state index contributed by atoms with van der Waals surface area (Å²) in [6.45, 7) is 6.15. The Morgan fingerprint density at radius 3 is 2.66 bits per heavy atom. The first-order valence-electron chi connectivity index (χ1n) is 11.1. The molecule has 5 aromatic rings. The van der Waals surface area contributed by atoms with Gasteiger partial charge in [0.2, 0.25) is 5.13 Å². The molecule has 3 heterocycles. The third kappa shape index (κ3) is 4.33. The fourth-order valence-electron chi connectivity index (χ4n) is 3.97. The molecular formula is C26H23N5O3S. The lowest BCUT2D eigenvalue weighted by Gasteiger charge is -2.06. The van der Waals surface area contributed by atoms with E-state index in [2.05, 4.69) is 15.4 Å². The molecule has 8 nitrogen and oxygen atoms in total. The number of thiazole rings is 1. The van der Waals surface area contributed by atoms with E-state index in [9.17, 15) is 9.59 Å². The molecule has 0 bridgehead atoms. The number of hydrogen-bond donors (Lipinski definition) is 2. The average molecular weight is 486 g/mol. The van der Waals surface area contributed by atoms with Gasteiger partial charge >= 0.3 is 0 Å². The van der Waals surface area contributed by atoms with Gasteiger partial charge in [0.15, 0.2) is 0 Å². The van der Waals surface area contributed by atoms with Crippen LogP contribution in [0.15, 0.2) is 60.0 Å². The molecule has 5 rings (SSSR count). The van der Waals surface area contributed by atoms with E-state index in [0.717, 1.165) is 27.9 Å². The summed E-state index contributed by atoms with van der Waals surface area (Å²) in [7, 11) is 0. The van der Waals surface area contributed by atoms with Crippen LogP contribution in [0.5, 0.6) is 5.75 Å². The predicted octanol–water partition coefficient (Wildman–Crippen LogP) is 5.31. The molecule has 0 saturated carbocycles. The van der Waals surface area contributed by atoms with E-state index < -0.39 is 11.7 Å². The number of para-hydroxylation sites is 1. The van der Waals surface area contributed by atoms with Gasteiger partial charge in [-0.2, -0.15) is 9.78 Å². The molecule has 0 unspecified atom stereocenters. The van der Waals surface area contributed by atoms with Gasteiger partial charge in [0.25, 0.3) is 11.7 Å². The van der Waals surface area contributed by atoms with Crippen molar-refractivity contribution in [3.05, 3.63) is 76.9 Å². The number of anilines is 1. The number of benzene rings is 2. The summed E-state index contributed by atoms with van der Waals surface area (Å²) in [6.07, 6.45) is 0. The maximum absolute atomic E-state index is 13.1. The Morgan fingerprint density at radius 2 is 1.89 bits per heavy atom. The highest BCUT2D eigenvalue weighted by Crippen LogP contribution is 2.28. The summed E-state index contributed by atoms with van der Waals surface area (Å²) in [5.74, 6) is -0.165. The number of carbonyl (C=O) groups excluding carboxylic acids is 2. The molecule has 35 heavy (non-hydrogen) atoms. The minimum absolute atomic E-state index is 0.368. The topological polar surface area (TPSA) is 102 Å². The zero-order valence-corrected chi connectivity index (χ0v) is 20.3. The first-order valence-corrected chi connectivity index (χ1v) is 12.0. The van der Waals surface area contributed by atoms with Gasteiger partial charge in [0, 0.05) is 33.6 Å². The van der Waals surface area contributed by atoms with Gasteiger partial charge in [0.1, 0.15) is 11.6 Å². The van der Waals surface area contributed by atoms with Crippen LogP contribution in [0.4, 0.5) is 5.82 Å². The summed E-state index contributed by atoms with van der Waals surface area (Å²) in [6, 6.07) is 16.8. The number of Topliss-reactive ketones (excluding diaryl/α,β-unsaturated/α-hetero) is 1. The van der Waals surface area contributed by atoms with E-state index in [4.69, 9.17) is 9.72 Å². The van der Waals surface area contributed by atoms with Gasteiger partial charge in [-0.3, -0.25) is 9.59 Å². The summed E-state index contributed by atoms with van der Waals surface area (Å²) < 4.78 is 7.05. The molecule has 0 saturated heterocycles. The SMILES string of the molecule is CCOc1ccc(-c2csc(-n3nc(C)cc3NC(=O)C(=O)c3c(C)[nH]c4ccccc34)n2)cc1. The molecular weight excluding hydrogens is 462 g/mol. The molecule has 9 heteroatoms. The number of H-pyrrole nitrogens is 1. The van der Waals surface area contributed by atoms with Crippen molar-refractivity contribution in [1.82, 2.24) is 19.7 Å². The van der Waals surface area contributed by atoms with E-state index in [1.807, 2.05) is 67.8 Å². The van der Waals surface area contributed by atoms with E-state index >= 15 is 0 Å². The smallest absolute Gasteiger partial charge is 0.298 e. The van der Waals surface area contributed by atoms with Crippen molar-refractivity contribution in [2.75, 3.05) is 11.9 Å². The number of carbonyl (C=O) groups is 2. The minimum atomic E-state index is -0.734. The van der Waals surface area contributed by atoms with E-state index in [1.165, 1.54) is 11.3 Å². The molecule has 0 aliphatic carbocycles. The van der Waals surface area contributed by atoms with Crippen molar-refractivity contribution in [1.29, 1.82) is 0 Å². The Kier molecular flexibility index (Phi) is 5.92. The van der Waals surface area contributed by atoms with Crippen LogP contribution in [-0.4, -0.2) is 38.0 Å². The third-order valence-corrected chi connectivity index (χ3v) is 6.35. The molecule has 2 N–H and O–H groups in total. The van der Waals surface area contributed by atoms with Crippen LogP contribution in [-0.2, 0) is 4.79 Å². The highest BCUT2D eigenvalue weighted by molar-refractivity contribution is 7.12. The molecule has 3 aromatic heterocycles. The van der Waals surface area contributed by atoms with Gasteiger partial charge in [-0.15, -0.1) is 11.3 Å². The van der Waals surface area contributed by atoms with Crippen molar-refractivity contribution < 1.29 is 14.3 Å². The maximum Gasteiger partial charge on any atom is 0.298 e. The van der Waals surface area contributed by atoms with Gasteiger partial charge in [-0.05, 0) is 51.1 Å². The van der Waals surface area contributed by atoms with Crippen molar-refractivity contribution in [2.24, 2.45) is 0 Å². The quantitative estimate of drug-likeness (QED) is 0.240. The number of fused-ring (bicyclic) bond motifs is 1. The first kappa shape index (κ1) is 22.5. The normalized spacial score (nSPS) is 11.1. The second kappa shape index (κ2) is 9.19. The highest BCUT2D eigenvalue weighted by Gasteiger charge is 2.24. The molecule has 0 spiro atoms. The van der Waals surface area contributed by atoms with Crippen LogP contribution >= 0.6 is 11.3 Å². The Bertz CT molecular complexity index is 1550. The fraction of sp³-hybridized carbons (Fsp3) is 0.154. The Labute approximate surface area is 205 Å². The number of ketones is 1. The summed E-state index contributed by atoms with van der Waals surface area (Å²) in [5.41, 5.74) is 4.24. The summed E-state index contributed by atoms with van der Waals surface area (Å²) in [4.78, 5) is 33.9. The number of aromatic nitrogens is 4. The molecule has 0 aliphatic heterocycles.